The number of ether oxygens (including phenoxy) is 1. The number of benzene rings is 1. The van der Waals surface area contributed by atoms with Crippen LogP contribution >= 0.6 is 11.6 Å². The average Bonchev–Trinajstić information content (AvgIpc) is 2.96. The van der Waals surface area contributed by atoms with Crippen molar-refractivity contribution >= 4 is 17.3 Å². The molecule has 1 atom stereocenters. The highest BCUT2D eigenvalue weighted by atomic mass is 35.5. The fourth-order valence-electron chi connectivity index (χ4n) is 1.37. The highest BCUT2D eigenvalue weighted by Crippen LogP contribution is 2.33. The average molecular weight is 209 g/mol. The smallest absolute Gasteiger partial charge is 0.137 e. The van der Waals surface area contributed by atoms with Gasteiger partial charge in [0.25, 0.3) is 0 Å². The Kier molecular flexibility index (Phi) is 2.22. The molecule has 2 rings (SSSR count). The number of hydrogen-bond donors (Lipinski definition) is 0. The summed E-state index contributed by atoms with van der Waals surface area (Å²) < 4.78 is 5.04. The molecule has 72 valence electrons. The second-order valence-electron chi connectivity index (χ2n) is 3.12. The van der Waals surface area contributed by atoms with Gasteiger partial charge < -0.3 is 9.64 Å². The molecule has 3 nitrogen and oxygen atoms in total. The molecule has 0 saturated carbocycles. The van der Waals surface area contributed by atoms with Gasteiger partial charge in [-0.1, -0.05) is 11.6 Å². The van der Waals surface area contributed by atoms with Gasteiger partial charge in [-0.25, -0.2) is 0 Å². The lowest BCUT2D eigenvalue weighted by atomic mass is 10.3. The zero-order valence-corrected chi connectivity index (χ0v) is 8.45. The van der Waals surface area contributed by atoms with Crippen molar-refractivity contribution in [2.45, 2.75) is 6.04 Å². The van der Waals surface area contributed by atoms with Crippen LogP contribution in [0.4, 0.5) is 5.69 Å². The molecule has 0 bridgehead atoms. The van der Waals surface area contributed by atoms with E-state index in [-0.39, 0.29) is 6.04 Å². The second-order valence-corrected chi connectivity index (χ2v) is 3.52. The predicted molar refractivity (Wildman–Crippen MR) is 54.8 cm³/mol. The molecule has 0 amide bonds. The van der Waals surface area contributed by atoms with Gasteiger partial charge in [0.1, 0.15) is 11.8 Å². The summed E-state index contributed by atoms with van der Waals surface area (Å²) in [6.07, 6.45) is 0. The maximum atomic E-state index is 8.66. The van der Waals surface area contributed by atoms with Crippen LogP contribution < -0.4 is 9.64 Å². The molecule has 0 aromatic heterocycles. The van der Waals surface area contributed by atoms with Crippen LogP contribution in [-0.2, 0) is 0 Å². The predicted octanol–water partition coefficient (Wildman–Crippen LogP) is 2.06. The van der Waals surface area contributed by atoms with Crippen molar-refractivity contribution in [3.8, 4) is 11.8 Å². The van der Waals surface area contributed by atoms with E-state index < -0.39 is 0 Å². The lowest BCUT2D eigenvalue weighted by Crippen LogP contribution is -1.96. The Morgan fingerprint density at radius 3 is 2.93 bits per heavy atom. The van der Waals surface area contributed by atoms with Crippen LogP contribution in [0, 0.1) is 11.3 Å². The van der Waals surface area contributed by atoms with E-state index in [2.05, 4.69) is 6.07 Å². The molecule has 1 saturated heterocycles. The van der Waals surface area contributed by atoms with Gasteiger partial charge in [0, 0.05) is 5.69 Å². The van der Waals surface area contributed by atoms with Crippen molar-refractivity contribution in [2.75, 3.05) is 18.6 Å². The standard InChI is InChI=1S/C10H9ClN2O/c1-14-10-3-2-7(4-9(10)11)13-6-8(13)5-12/h2-4,8H,6H2,1H3. The lowest BCUT2D eigenvalue weighted by molar-refractivity contribution is 0.415. The van der Waals surface area contributed by atoms with Crippen LogP contribution in [0.3, 0.4) is 0 Å². The maximum Gasteiger partial charge on any atom is 0.137 e. The first-order valence-corrected chi connectivity index (χ1v) is 4.64. The third kappa shape index (κ3) is 1.49. The fourth-order valence-corrected chi connectivity index (χ4v) is 1.62. The molecule has 0 spiro atoms. The van der Waals surface area contributed by atoms with Gasteiger partial charge in [-0.15, -0.1) is 0 Å². The molecular weight excluding hydrogens is 200 g/mol. The number of rotatable bonds is 2. The molecule has 1 aliphatic rings. The molecule has 1 aromatic rings. The third-order valence-corrected chi connectivity index (χ3v) is 2.52. The minimum absolute atomic E-state index is 0.0134. The molecule has 1 aromatic carbocycles. The van der Waals surface area contributed by atoms with Crippen molar-refractivity contribution in [2.24, 2.45) is 0 Å². The van der Waals surface area contributed by atoms with Gasteiger partial charge in [-0.05, 0) is 18.2 Å². The van der Waals surface area contributed by atoms with E-state index in [0.717, 1.165) is 12.2 Å². The van der Waals surface area contributed by atoms with Crippen LogP contribution in [0.2, 0.25) is 5.02 Å². The van der Waals surface area contributed by atoms with Crippen LogP contribution in [-0.4, -0.2) is 19.7 Å². The molecule has 14 heavy (non-hydrogen) atoms. The Labute approximate surface area is 87.5 Å². The van der Waals surface area contributed by atoms with Gasteiger partial charge in [-0.2, -0.15) is 5.26 Å². The van der Waals surface area contributed by atoms with E-state index in [4.69, 9.17) is 21.6 Å². The quantitative estimate of drug-likeness (QED) is 0.698. The molecule has 0 N–H and O–H groups in total. The Bertz CT molecular complexity index is 400. The Morgan fingerprint density at radius 2 is 2.43 bits per heavy atom. The van der Waals surface area contributed by atoms with Crippen LogP contribution in [0.25, 0.3) is 0 Å². The molecule has 1 aliphatic heterocycles. The SMILES string of the molecule is COc1ccc(N2CC2C#N)cc1Cl. The molecule has 1 heterocycles. The van der Waals surface area contributed by atoms with E-state index >= 15 is 0 Å². The molecule has 4 heteroatoms. The van der Waals surface area contributed by atoms with E-state index in [9.17, 15) is 0 Å². The zero-order chi connectivity index (χ0) is 10.1. The third-order valence-electron chi connectivity index (χ3n) is 2.23. The number of anilines is 1. The van der Waals surface area contributed by atoms with Gasteiger partial charge in [0.15, 0.2) is 0 Å². The molecule has 0 aliphatic carbocycles. The zero-order valence-electron chi connectivity index (χ0n) is 7.70. The van der Waals surface area contributed by atoms with Crippen LogP contribution in [0.1, 0.15) is 0 Å². The summed E-state index contributed by atoms with van der Waals surface area (Å²) in [7, 11) is 1.58. The number of methoxy groups -OCH3 is 1. The van der Waals surface area contributed by atoms with Crippen LogP contribution in [0.15, 0.2) is 18.2 Å². The van der Waals surface area contributed by atoms with Crippen molar-refractivity contribution in [1.29, 1.82) is 5.26 Å². The summed E-state index contributed by atoms with van der Waals surface area (Å²) in [4.78, 5) is 1.98. The minimum atomic E-state index is 0.0134. The number of nitrogens with zero attached hydrogens (tertiary/aromatic N) is 2. The normalized spacial score (nSPS) is 18.9. The van der Waals surface area contributed by atoms with Crippen molar-refractivity contribution < 1.29 is 4.74 Å². The summed E-state index contributed by atoms with van der Waals surface area (Å²) in [5.74, 6) is 0.658. The van der Waals surface area contributed by atoms with Crippen molar-refractivity contribution in [3.63, 3.8) is 0 Å². The molecule has 0 radical (unpaired) electrons. The van der Waals surface area contributed by atoms with Gasteiger partial charge in [-0.3, -0.25) is 0 Å². The number of halogens is 1. The van der Waals surface area contributed by atoms with Crippen molar-refractivity contribution in [1.82, 2.24) is 0 Å². The summed E-state index contributed by atoms with van der Waals surface area (Å²) in [5, 5.41) is 9.24. The maximum absolute atomic E-state index is 8.66. The summed E-state index contributed by atoms with van der Waals surface area (Å²) in [6, 6.07) is 7.73. The van der Waals surface area contributed by atoms with Gasteiger partial charge in [0.2, 0.25) is 0 Å². The van der Waals surface area contributed by atoms with Gasteiger partial charge in [0.05, 0.1) is 24.7 Å². The second kappa shape index (κ2) is 3.39. The minimum Gasteiger partial charge on any atom is -0.495 e. The first-order valence-electron chi connectivity index (χ1n) is 4.26. The first kappa shape index (κ1) is 9.17. The van der Waals surface area contributed by atoms with E-state index in [1.54, 1.807) is 7.11 Å². The molecular formula is C10H9ClN2O. The molecule has 1 unspecified atom stereocenters. The summed E-state index contributed by atoms with van der Waals surface area (Å²) in [6.45, 7) is 0.791. The van der Waals surface area contributed by atoms with Gasteiger partial charge >= 0.3 is 0 Å². The summed E-state index contributed by atoms with van der Waals surface area (Å²) >= 11 is 5.96. The number of hydrogen-bond acceptors (Lipinski definition) is 3. The molecule has 1 fully saturated rings. The first-order chi connectivity index (χ1) is 6.76. The Hall–Kier alpha value is -1.40. The van der Waals surface area contributed by atoms with Crippen LogP contribution in [0.5, 0.6) is 5.75 Å². The van der Waals surface area contributed by atoms with E-state index in [1.807, 2.05) is 23.1 Å². The fraction of sp³-hybridized carbons (Fsp3) is 0.300. The van der Waals surface area contributed by atoms with Crippen molar-refractivity contribution in [3.05, 3.63) is 23.2 Å². The van der Waals surface area contributed by atoms with E-state index in [1.165, 1.54) is 0 Å². The Balaban J connectivity index is 2.22. The van der Waals surface area contributed by atoms with E-state index in [0.29, 0.717) is 10.8 Å². The topological polar surface area (TPSA) is 36.0 Å². The summed E-state index contributed by atoms with van der Waals surface area (Å²) in [5.41, 5.74) is 0.974. The number of nitriles is 1. The lowest BCUT2D eigenvalue weighted by Gasteiger charge is -2.06. The largest absolute Gasteiger partial charge is 0.495 e. The highest BCUT2D eigenvalue weighted by Gasteiger charge is 2.34. The Morgan fingerprint density at radius 1 is 1.64 bits per heavy atom. The monoisotopic (exact) mass is 208 g/mol. The highest BCUT2D eigenvalue weighted by molar-refractivity contribution is 6.32.